The summed E-state index contributed by atoms with van der Waals surface area (Å²) in [5.41, 5.74) is 0.184. The first-order chi connectivity index (χ1) is 8.80. The molecule has 1 aliphatic heterocycles. The molecule has 1 N–H and O–H groups in total. The van der Waals surface area contributed by atoms with Crippen molar-refractivity contribution < 1.29 is 9.53 Å². The minimum absolute atomic E-state index is 0.204. The van der Waals surface area contributed by atoms with Crippen LogP contribution in [0.2, 0.25) is 0 Å². The summed E-state index contributed by atoms with van der Waals surface area (Å²) in [7, 11) is 1.83. The van der Waals surface area contributed by atoms with E-state index in [2.05, 4.69) is 5.32 Å². The summed E-state index contributed by atoms with van der Waals surface area (Å²) in [5, 5.41) is 3.33. The van der Waals surface area contributed by atoms with Crippen LogP contribution in [0, 0.1) is 11.3 Å². The van der Waals surface area contributed by atoms with Gasteiger partial charge in [0.1, 0.15) is 5.60 Å². The Balaban J connectivity index is 0.000000861. The van der Waals surface area contributed by atoms with E-state index < -0.39 is 5.60 Å². The fourth-order valence-electron chi connectivity index (χ4n) is 2.86. The SMILES string of the molecule is CC.CN(CC1CC2(CNC2)C1)C(=O)OC(C)(C)C. The first kappa shape index (κ1) is 16.3. The molecule has 2 rings (SSSR count). The van der Waals surface area contributed by atoms with Gasteiger partial charge in [0.15, 0.2) is 0 Å². The molecule has 4 nitrogen and oxygen atoms in total. The van der Waals surface area contributed by atoms with Crippen molar-refractivity contribution >= 4 is 6.09 Å². The van der Waals surface area contributed by atoms with Crippen molar-refractivity contribution in [2.75, 3.05) is 26.7 Å². The topological polar surface area (TPSA) is 41.6 Å². The first-order valence-electron chi connectivity index (χ1n) is 7.45. The number of hydrogen-bond acceptors (Lipinski definition) is 3. The Morgan fingerprint density at radius 3 is 2.21 bits per heavy atom. The minimum atomic E-state index is -0.399. The van der Waals surface area contributed by atoms with Crippen molar-refractivity contribution in [1.29, 1.82) is 0 Å². The number of rotatable bonds is 2. The fourth-order valence-corrected chi connectivity index (χ4v) is 2.86. The zero-order chi connectivity index (χ0) is 14.7. The van der Waals surface area contributed by atoms with Crippen LogP contribution >= 0.6 is 0 Å². The van der Waals surface area contributed by atoms with Crippen molar-refractivity contribution in [3.8, 4) is 0 Å². The number of carbonyl (C=O) groups is 1. The zero-order valence-electron chi connectivity index (χ0n) is 13.4. The summed E-state index contributed by atoms with van der Waals surface area (Å²) in [6.07, 6.45) is 2.31. The van der Waals surface area contributed by atoms with Gasteiger partial charge in [-0.2, -0.15) is 0 Å². The number of amides is 1. The van der Waals surface area contributed by atoms with Gasteiger partial charge in [0.05, 0.1) is 0 Å². The number of nitrogens with zero attached hydrogens (tertiary/aromatic N) is 1. The molecule has 0 aromatic carbocycles. The molecule has 1 aliphatic carbocycles. The predicted molar refractivity (Wildman–Crippen MR) is 78.2 cm³/mol. The minimum Gasteiger partial charge on any atom is -0.444 e. The van der Waals surface area contributed by atoms with Gasteiger partial charge in [0, 0.05) is 26.7 Å². The van der Waals surface area contributed by atoms with Crippen LogP contribution in [-0.2, 0) is 4.74 Å². The molecule has 1 heterocycles. The highest BCUT2D eigenvalue weighted by Gasteiger charge is 2.48. The highest BCUT2D eigenvalue weighted by molar-refractivity contribution is 5.67. The second kappa shape index (κ2) is 6.12. The summed E-state index contributed by atoms with van der Waals surface area (Å²) in [6.45, 7) is 12.9. The maximum Gasteiger partial charge on any atom is 0.410 e. The molecule has 4 heteroatoms. The quantitative estimate of drug-likeness (QED) is 0.839. The number of ether oxygens (including phenoxy) is 1. The molecule has 0 radical (unpaired) electrons. The Labute approximate surface area is 117 Å². The Morgan fingerprint density at radius 1 is 1.32 bits per heavy atom. The molecule has 1 amide bonds. The van der Waals surface area contributed by atoms with Gasteiger partial charge in [-0.25, -0.2) is 4.79 Å². The Morgan fingerprint density at radius 2 is 1.84 bits per heavy atom. The smallest absolute Gasteiger partial charge is 0.410 e. The molecule has 112 valence electrons. The summed E-state index contributed by atoms with van der Waals surface area (Å²) in [6, 6.07) is 0. The fraction of sp³-hybridized carbons (Fsp3) is 0.933. The van der Waals surface area contributed by atoms with Crippen LogP contribution in [0.4, 0.5) is 4.79 Å². The second-order valence-electron chi connectivity index (χ2n) is 6.74. The molecule has 0 bridgehead atoms. The monoisotopic (exact) mass is 270 g/mol. The maximum atomic E-state index is 11.8. The van der Waals surface area contributed by atoms with Crippen LogP contribution in [-0.4, -0.2) is 43.3 Å². The van der Waals surface area contributed by atoms with E-state index in [0.29, 0.717) is 11.3 Å². The van der Waals surface area contributed by atoms with Crippen LogP contribution in [0.1, 0.15) is 47.5 Å². The van der Waals surface area contributed by atoms with E-state index in [4.69, 9.17) is 4.74 Å². The van der Waals surface area contributed by atoms with Crippen molar-refractivity contribution in [3.05, 3.63) is 0 Å². The molecule has 1 spiro atoms. The molecule has 19 heavy (non-hydrogen) atoms. The Bertz CT molecular complexity index is 298. The standard InChI is InChI=1S/C13H24N2O2.C2H6/c1-12(2,3)17-11(16)15(4)7-10-5-13(6-10)8-14-9-13;1-2/h10,14H,5-9H2,1-4H3;1-2H3. The van der Waals surface area contributed by atoms with Crippen molar-refractivity contribution in [2.24, 2.45) is 11.3 Å². The molecule has 1 saturated carbocycles. The highest BCUT2D eigenvalue weighted by Crippen LogP contribution is 2.48. The van der Waals surface area contributed by atoms with E-state index in [1.54, 1.807) is 4.90 Å². The van der Waals surface area contributed by atoms with Gasteiger partial charge in [-0.05, 0) is 44.9 Å². The molecule has 0 aromatic rings. The zero-order valence-corrected chi connectivity index (χ0v) is 13.4. The molecule has 0 unspecified atom stereocenters. The third-order valence-corrected chi connectivity index (χ3v) is 3.68. The van der Waals surface area contributed by atoms with Crippen LogP contribution < -0.4 is 5.32 Å². The summed E-state index contributed by atoms with van der Waals surface area (Å²) >= 11 is 0. The number of hydrogen-bond donors (Lipinski definition) is 1. The molecule has 1 saturated heterocycles. The van der Waals surface area contributed by atoms with Crippen LogP contribution in [0.25, 0.3) is 0 Å². The molecule has 2 aliphatic rings. The third kappa shape index (κ3) is 4.37. The average molecular weight is 270 g/mol. The van der Waals surface area contributed by atoms with E-state index in [1.807, 2.05) is 41.7 Å². The molecule has 0 aromatic heterocycles. The van der Waals surface area contributed by atoms with E-state index in [9.17, 15) is 4.79 Å². The molecule has 0 atom stereocenters. The lowest BCUT2D eigenvalue weighted by molar-refractivity contribution is -0.0206. The Kier molecular flexibility index (Phi) is 5.25. The van der Waals surface area contributed by atoms with Crippen molar-refractivity contribution in [3.63, 3.8) is 0 Å². The van der Waals surface area contributed by atoms with E-state index in [-0.39, 0.29) is 6.09 Å². The van der Waals surface area contributed by atoms with Gasteiger partial charge >= 0.3 is 6.09 Å². The first-order valence-corrected chi connectivity index (χ1v) is 7.45. The van der Waals surface area contributed by atoms with Crippen LogP contribution in [0.15, 0.2) is 0 Å². The van der Waals surface area contributed by atoms with Gasteiger partial charge < -0.3 is 15.0 Å². The van der Waals surface area contributed by atoms with E-state index in [1.165, 1.54) is 25.9 Å². The average Bonchev–Trinajstić information content (AvgIpc) is 2.20. The van der Waals surface area contributed by atoms with Crippen LogP contribution in [0.5, 0.6) is 0 Å². The predicted octanol–water partition coefficient (Wildman–Crippen LogP) is 2.88. The van der Waals surface area contributed by atoms with Crippen LogP contribution in [0.3, 0.4) is 0 Å². The number of carbonyl (C=O) groups excluding carboxylic acids is 1. The largest absolute Gasteiger partial charge is 0.444 e. The number of nitrogens with one attached hydrogen (secondary N) is 1. The van der Waals surface area contributed by atoms with Gasteiger partial charge in [0.25, 0.3) is 0 Å². The van der Waals surface area contributed by atoms with Gasteiger partial charge in [0.2, 0.25) is 0 Å². The normalized spacial score (nSPS) is 20.7. The second-order valence-corrected chi connectivity index (χ2v) is 6.74. The van der Waals surface area contributed by atoms with Crippen molar-refractivity contribution in [2.45, 2.75) is 53.1 Å². The van der Waals surface area contributed by atoms with Gasteiger partial charge in [-0.1, -0.05) is 13.8 Å². The van der Waals surface area contributed by atoms with Gasteiger partial charge in [-0.3, -0.25) is 0 Å². The molecular formula is C15H30N2O2. The lowest BCUT2D eigenvalue weighted by Crippen LogP contribution is -2.61. The van der Waals surface area contributed by atoms with Gasteiger partial charge in [-0.15, -0.1) is 0 Å². The molecule has 2 fully saturated rings. The lowest BCUT2D eigenvalue weighted by Gasteiger charge is -2.55. The van der Waals surface area contributed by atoms with E-state index >= 15 is 0 Å². The maximum absolute atomic E-state index is 11.8. The molecular weight excluding hydrogens is 240 g/mol. The van der Waals surface area contributed by atoms with Crippen molar-refractivity contribution in [1.82, 2.24) is 10.2 Å². The summed E-state index contributed by atoms with van der Waals surface area (Å²) < 4.78 is 5.34. The third-order valence-electron chi connectivity index (χ3n) is 3.68. The summed E-state index contributed by atoms with van der Waals surface area (Å²) in [5.74, 6) is 0.662. The summed E-state index contributed by atoms with van der Waals surface area (Å²) in [4.78, 5) is 13.5. The highest BCUT2D eigenvalue weighted by atomic mass is 16.6. The van der Waals surface area contributed by atoms with E-state index in [0.717, 1.165) is 6.54 Å². The lowest BCUT2D eigenvalue weighted by atomic mass is 9.58. The Hall–Kier alpha value is -0.770.